The fraction of sp³-hybridized carbons (Fsp3) is 0.357. The Morgan fingerprint density at radius 3 is 2.76 bits per heavy atom. The SMILES string of the molecule is CNc1ccccc1[C](=[W])C1=CCN(C)CC1. The maximum atomic E-state index is 3.28. The third-order valence-electron chi connectivity index (χ3n) is 3.14. The molecule has 0 aromatic heterocycles. The molecule has 17 heavy (non-hydrogen) atoms. The average molecular weight is 398 g/mol. The van der Waals surface area contributed by atoms with E-state index in [-0.39, 0.29) is 0 Å². The van der Waals surface area contributed by atoms with Gasteiger partial charge in [-0.3, -0.25) is 0 Å². The Balaban J connectivity index is 2.25. The van der Waals surface area contributed by atoms with Gasteiger partial charge in [-0.25, -0.2) is 0 Å². The molecular weight excluding hydrogens is 380 g/mol. The first-order valence-corrected chi connectivity index (χ1v) is 7.38. The summed E-state index contributed by atoms with van der Waals surface area (Å²) < 4.78 is 1.49. The van der Waals surface area contributed by atoms with E-state index >= 15 is 0 Å². The van der Waals surface area contributed by atoms with E-state index in [1.54, 1.807) is 19.4 Å². The molecule has 0 amide bonds. The van der Waals surface area contributed by atoms with E-state index in [0.29, 0.717) is 0 Å². The molecule has 0 atom stereocenters. The molecule has 3 heteroatoms. The summed E-state index contributed by atoms with van der Waals surface area (Å²) in [5, 5.41) is 3.28. The molecule has 1 aliphatic rings. The van der Waals surface area contributed by atoms with E-state index in [2.05, 4.69) is 47.6 Å². The van der Waals surface area contributed by atoms with E-state index in [1.165, 1.54) is 33.7 Å². The minimum atomic E-state index is 1.08. The number of hydrogen-bond donors (Lipinski definition) is 1. The Morgan fingerprint density at radius 1 is 1.35 bits per heavy atom. The summed E-state index contributed by atoms with van der Waals surface area (Å²) in [5.74, 6) is 0. The molecule has 0 radical (unpaired) electrons. The van der Waals surface area contributed by atoms with Crippen molar-refractivity contribution in [3.63, 3.8) is 0 Å². The predicted octanol–water partition coefficient (Wildman–Crippen LogP) is 2.06. The van der Waals surface area contributed by atoms with E-state index in [9.17, 15) is 0 Å². The van der Waals surface area contributed by atoms with Gasteiger partial charge in [-0.05, 0) is 0 Å². The molecule has 1 heterocycles. The number of benzene rings is 1. The van der Waals surface area contributed by atoms with Gasteiger partial charge in [0.2, 0.25) is 0 Å². The van der Waals surface area contributed by atoms with Gasteiger partial charge in [-0.2, -0.15) is 0 Å². The number of nitrogens with zero attached hydrogens (tertiary/aromatic N) is 1. The van der Waals surface area contributed by atoms with Crippen molar-refractivity contribution in [2.45, 2.75) is 6.42 Å². The summed E-state index contributed by atoms with van der Waals surface area (Å²) in [6.07, 6.45) is 3.55. The fourth-order valence-electron chi connectivity index (χ4n) is 2.05. The third kappa shape index (κ3) is 2.94. The van der Waals surface area contributed by atoms with Crippen LogP contribution >= 0.6 is 0 Å². The van der Waals surface area contributed by atoms with Crippen LogP contribution in [0.25, 0.3) is 0 Å². The Kier molecular flexibility index (Phi) is 4.30. The van der Waals surface area contributed by atoms with Crippen LogP contribution in [-0.4, -0.2) is 36.0 Å². The van der Waals surface area contributed by atoms with Gasteiger partial charge in [0, 0.05) is 0 Å². The van der Waals surface area contributed by atoms with Crippen LogP contribution in [0.1, 0.15) is 12.0 Å². The van der Waals surface area contributed by atoms with Gasteiger partial charge in [0.1, 0.15) is 0 Å². The topological polar surface area (TPSA) is 15.3 Å². The van der Waals surface area contributed by atoms with Crippen molar-refractivity contribution in [1.29, 1.82) is 0 Å². The molecule has 0 aliphatic carbocycles. The summed E-state index contributed by atoms with van der Waals surface area (Å²) in [4.78, 5) is 2.36. The van der Waals surface area contributed by atoms with Gasteiger partial charge >= 0.3 is 114 Å². The Labute approximate surface area is 114 Å². The molecule has 90 valence electrons. The van der Waals surface area contributed by atoms with Gasteiger partial charge in [-0.1, -0.05) is 0 Å². The predicted molar refractivity (Wildman–Crippen MR) is 70.3 cm³/mol. The third-order valence-corrected chi connectivity index (χ3v) is 4.88. The molecule has 1 aromatic rings. The van der Waals surface area contributed by atoms with Crippen molar-refractivity contribution in [2.24, 2.45) is 0 Å². The first kappa shape index (κ1) is 12.7. The molecule has 1 aromatic carbocycles. The molecule has 0 saturated carbocycles. The van der Waals surface area contributed by atoms with Crippen LogP contribution in [0.3, 0.4) is 0 Å². The van der Waals surface area contributed by atoms with Crippen molar-refractivity contribution >= 4 is 9.59 Å². The van der Waals surface area contributed by atoms with Gasteiger partial charge in [0.05, 0.1) is 0 Å². The van der Waals surface area contributed by atoms with Crippen LogP contribution in [0.15, 0.2) is 35.9 Å². The monoisotopic (exact) mass is 398 g/mol. The molecule has 1 aliphatic heterocycles. The molecule has 2 rings (SSSR count). The Bertz CT molecular complexity index is 451. The van der Waals surface area contributed by atoms with Crippen LogP contribution < -0.4 is 5.32 Å². The van der Waals surface area contributed by atoms with Crippen LogP contribution in [0.5, 0.6) is 0 Å². The van der Waals surface area contributed by atoms with Crippen LogP contribution in [0.2, 0.25) is 0 Å². The second kappa shape index (κ2) is 5.75. The Hall–Kier alpha value is -0.722. The second-order valence-corrected chi connectivity index (χ2v) is 5.83. The number of rotatable bonds is 3. The van der Waals surface area contributed by atoms with Gasteiger partial charge < -0.3 is 0 Å². The normalized spacial score (nSPS) is 16.5. The van der Waals surface area contributed by atoms with Crippen molar-refractivity contribution in [3.05, 3.63) is 41.5 Å². The minimum absolute atomic E-state index is 1.08. The van der Waals surface area contributed by atoms with Crippen LogP contribution in [0.4, 0.5) is 5.69 Å². The molecule has 0 saturated heterocycles. The number of likely N-dealkylation sites (N-methyl/N-ethyl adjacent to an activating group) is 1. The number of para-hydroxylation sites is 1. The van der Waals surface area contributed by atoms with Crippen LogP contribution in [0, 0.1) is 0 Å². The summed E-state index contributed by atoms with van der Waals surface area (Å²) in [6.45, 7) is 2.25. The number of hydrogen-bond acceptors (Lipinski definition) is 2. The maximum absolute atomic E-state index is 3.28. The van der Waals surface area contributed by atoms with Crippen molar-refractivity contribution < 1.29 is 19.4 Å². The molecule has 1 N–H and O–H groups in total. The van der Waals surface area contributed by atoms with Crippen LogP contribution in [-0.2, 0) is 19.4 Å². The van der Waals surface area contributed by atoms with Crippen molar-refractivity contribution in [2.75, 3.05) is 32.5 Å². The summed E-state index contributed by atoms with van der Waals surface area (Å²) in [7, 11) is 4.17. The summed E-state index contributed by atoms with van der Waals surface area (Å²) in [6, 6.07) is 8.57. The second-order valence-electron chi connectivity index (χ2n) is 4.37. The standard InChI is InChI=1S/C14H18N2.W/c1-15-14-6-4-3-5-13(14)11-12-7-9-16(2)10-8-12;/h3-7,15H,8-10H2,1-2H3;. The number of anilines is 1. The van der Waals surface area contributed by atoms with E-state index in [1.807, 2.05) is 7.05 Å². The van der Waals surface area contributed by atoms with Gasteiger partial charge in [-0.15, -0.1) is 0 Å². The zero-order valence-electron chi connectivity index (χ0n) is 10.4. The fourth-order valence-corrected chi connectivity index (χ4v) is 3.35. The molecule has 0 unspecified atom stereocenters. The molecule has 0 spiro atoms. The zero-order chi connectivity index (χ0) is 12.3. The van der Waals surface area contributed by atoms with Gasteiger partial charge in [0.15, 0.2) is 0 Å². The summed E-state index contributed by atoms with van der Waals surface area (Å²) in [5.41, 5.74) is 4.12. The van der Waals surface area contributed by atoms with Gasteiger partial charge in [0.25, 0.3) is 0 Å². The quantitative estimate of drug-likeness (QED) is 0.839. The molecule has 2 nitrogen and oxygen atoms in total. The number of nitrogens with one attached hydrogen (secondary N) is 1. The summed E-state index contributed by atoms with van der Waals surface area (Å²) >= 11 is 1.55. The molecule has 0 bridgehead atoms. The van der Waals surface area contributed by atoms with E-state index in [4.69, 9.17) is 0 Å². The Morgan fingerprint density at radius 2 is 2.12 bits per heavy atom. The van der Waals surface area contributed by atoms with E-state index in [0.717, 1.165) is 6.54 Å². The first-order chi connectivity index (χ1) is 8.22. The zero-order valence-corrected chi connectivity index (χ0v) is 13.3. The molecule has 0 fully saturated rings. The molecular formula is C14H18N2W. The first-order valence-electron chi connectivity index (χ1n) is 5.91. The van der Waals surface area contributed by atoms with Crippen molar-refractivity contribution in [3.8, 4) is 0 Å². The average Bonchev–Trinajstić information content (AvgIpc) is 2.39. The van der Waals surface area contributed by atoms with E-state index < -0.39 is 0 Å². The van der Waals surface area contributed by atoms with Crippen molar-refractivity contribution in [1.82, 2.24) is 4.90 Å².